The van der Waals surface area contributed by atoms with Crippen molar-refractivity contribution in [1.82, 2.24) is 4.98 Å². The topological polar surface area (TPSA) is 84.3 Å². The van der Waals surface area contributed by atoms with Crippen LogP contribution in [0.3, 0.4) is 0 Å². The lowest BCUT2D eigenvalue weighted by Gasteiger charge is -1.99. The minimum atomic E-state index is -3.91. The van der Waals surface area contributed by atoms with Crippen LogP contribution >= 0.6 is 26.6 Å². The summed E-state index contributed by atoms with van der Waals surface area (Å²) in [7, 11) is 1.14. The van der Waals surface area contributed by atoms with Gasteiger partial charge in [0.25, 0.3) is 9.05 Å². The lowest BCUT2D eigenvalue weighted by Crippen LogP contribution is -2.03. The summed E-state index contributed by atoms with van der Waals surface area (Å²) in [5.74, 6) is -1.25. The lowest BCUT2D eigenvalue weighted by atomic mass is 10.4. The Balaban J connectivity index is 3.35. The van der Waals surface area contributed by atoms with Crippen molar-refractivity contribution in [1.29, 1.82) is 0 Å². The number of aromatic nitrogens is 1. The van der Waals surface area contributed by atoms with Gasteiger partial charge in [0.2, 0.25) is 0 Å². The van der Waals surface area contributed by atoms with Gasteiger partial charge in [-0.05, 0) is 28.1 Å². The van der Waals surface area contributed by atoms with Crippen LogP contribution in [0.1, 0.15) is 10.5 Å². The molecule has 1 N–H and O–H groups in total. The molecule has 0 radical (unpaired) electrons. The molecule has 1 aromatic heterocycles. The Bertz CT molecular complexity index is 487. The van der Waals surface area contributed by atoms with Crippen LogP contribution < -0.4 is 0 Å². The van der Waals surface area contributed by atoms with Crippen molar-refractivity contribution in [2.75, 3.05) is 0 Å². The number of halogens is 2. The van der Waals surface area contributed by atoms with E-state index < -0.39 is 15.0 Å². The highest BCUT2D eigenvalue weighted by Crippen LogP contribution is 2.23. The van der Waals surface area contributed by atoms with Crippen LogP contribution in [0.25, 0.3) is 0 Å². The van der Waals surface area contributed by atoms with Crippen molar-refractivity contribution in [2.45, 2.75) is 4.90 Å². The first-order chi connectivity index (χ1) is 6.32. The second kappa shape index (κ2) is 3.84. The Hall–Kier alpha value is -0.660. The largest absolute Gasteiger partial charge is 0.477 e. The van der Waals surface area contributed by atoms with Crippen LogP contribution in [0.4, 0.5) is 0 Å². The highest BCUT2D eigenvalue weighted by Gasteiger charge is 2.17. The van der Waals surface area contributed by atoms with Gasteiger partial charge in [-0.25, -0.2) is 18.2 Å². The molecule has 0 amide bonds. The summed E-state index contributed by atoms with van der Waals surface area (Å²) < 4.78 is 21.6. The van der Waals surface area contributed by atoms with Crippen LogP contribution in [0, 0.1) is 0 Å². The Kier molecular flexibility index (Phi) is 3.13. The summed E-state index contributed by atoms with van der Waals surface area (Å²) in [6.07, 6.45) is 0. The quantitative estimate of drug-likeness (QED) is 0.660. The second-order valence-electron chi connectivity index (χ2n) is 2.23. The first kappa shape index (κ1) is 11.4. The maximum Gasteiger partial charge on any atom is 0.354 e. The molecule has 1 heterocycles. The molecule has 0 unspecified atom stereocenters. The summed E-state index contributed by atoms with van der Waals surface area (Å²) in [4.78, 5) is 13.7. The van der Waals surface area contributed by atoms with Crippen LogP contribution in [-0.4, -0.2) is 24.5 Å². The molecule has 0 aromatic carbocycles. The molecule has 76 valence electrons. The number of carbonyl (C=O) groups is 1. The van der Waals surface area contributed by atoms with Crippen molar-refractivity contribution in [2.24, 2.45) is 0 Å². The van der Waals surface area contributed by atoms with E-state index in [9.17, 15) is 13.2 Å². The minimum Gasteiger partial charge on any atom is -0.477 e. The second-order valence-corrected chi connectivity index (χ2v) is 5.51. The van der Waals surface area contributed by atoms with Crippen molar-refractivity contribution >= 4 is 41.6 Å². The van der Waals surface area contributed by atoms with E-state index in [2.05, 4.69) is 20.9 Å². The van der Waals surface area contributed by atoms with Gasteiger partial charge in [0.05, 0.1) is 0 Å². The van der Waals surface area contributed by atoms with Crippen LogP contribution in [-0.2, 0) is 9.05 Å². The van der Waals surface area contributed by atoms with E-state index in [0.717, 1.165) is 12.1 Å². The molecule has 8 heteroatoms. The molecule has 0 bridgehead atoms. The van der Waals surface area contributed by atoms with E-state index in [-0.39, 0.29) is 15.2 Å². The molecule has 0 saturated carbocycles. The van der Waals surface area contributed by atoms with Crippen LogP contribution in [0.5, 0.6) is 0 Å². The Morgan fingerprint density at radius 2 is 2.07 bits per heavy atom. The third kappa shape index (κ3) is 2.43. The molecule has 0 aliphatic carbocycles. The minimum absolute atomic E-state index is 0.118. The van der Waals surface area contributed by atoms with Gasteiger partial charge >= 0.3 is 5.97 Å². The number of hydrogen-bond acceptors (Lipinski definition) is 4. The van der Waals surface area contributed by atoms with Crippen LogP contribution in [0.15, 0.2) is 21.6 Å². The number of rotatable bonds is 2. The predicted molar refractivity (Wildman–Crippen MR) is 51.9 cm³/mol. The van der Waals surface area contributed by atoms with E-state index >= 15 is 0 Å². The van der Waals surface area contributed by atoms with Crippen molar-refractivity contribution in [3.8, 4) is 0 Å². The number of nitrogens with zero attached hydrogens (tertiary/aromatic N) is 1. The average molecular weight is 301 g/mol. The highest BCUT2D eigenvalue weighted by atomic mass is 79.9. The molecular formula is C6H3BrClNO4S. The first-order valence-corrected chi connectivity index (χ1v) is 6.27. The molecule has 0 fully saturated rings. The smallest absolute Gasteiger partial charge is 0.354 e. The summed E-state index contributed by atoms with van der Waals surface area (Å²) in [6, 6.07) is 2.13. The van der Waals surface area contributed by atoms with Gasteiger partial charge in [0.15, 0.2) is 0 Å². The molecule has 0 aliphatic heterocycles. The normalized spacial score (nSPS) is 11.3. The number of pyridine rings is 1. The molecule has 14 heavy (non-hydrogen) atoms. The monoisotopic (exact) mass is 299 g/mol. The molecule has 0 saturated heterocycles. The molecular weight excluding hydrogens is 297 g/mol. The Morgan fingerprint density at radius 3 is 2.43 bits per heavy atom. The fourth-order valence-electron chi connectivity index (χ4n) is 0.722. The van der Waals surface area contributed by atoms with Gasteiger partial charge in [-0.3, -0.25) is 0 Å². The zero-order valence-corrected chi connectivity index (χ0v) is 9.60. The summed E-state index contributed by atoms with van der Waals surface area (Å²) in [5.41, 5.74) is -0.263. The van der Waals surface area contributed by atoms with Crippen molar-refractivity contribution < 1.29 is 18.3 Å². The number of hydrogen-bond donors (Lipinski definition) is 1. The highest BCUT2D eigenvalue weighted by molar-refractivity contribution is 9.10. The maximum atomic E-state index is 10.9. The summed E-state index contributed by atoms with van der Waals surface area (Å²) in [6.45, 7) is 0. The first-order valence-electron chi connectivity index (χ1n) is 3.17. The summed E-state index contributed by atoms with van der Waals surface area (Å²) >= 11 is 2.81. The van der Waals surface area contributed by atoms with E-state index in [4.69, 9.17) is 15.8 Å². The SMILES string of the molecule is O=C(O)c1ccc(S(=O)(=O)Cl)c(Br)n1. The van der Waals surface area contributed by atoms with Crippen molar-refractivity contribution in [3.63, 3.8) is 0 Å². The van der Waals surface area contributed by atoms with Crippen molar-refractivity contribution in [3.05, 3.63) is 22.4 Å². The zero-order chi connectivity index (χ0) is 10.9. The third-order valence-corrected chi connectivity index (χ3v) is 3.52. The maximum absolute atomic E-state index is 10.9. The van der Waals surface area contributed by atoms with E-state index in [1.165, 1.54) is 0 Å². The molecule has 5 nitrogen and oxygen atoms in total. The van der Waals surface area contributed by atoms with Gasteiger partial charge in [-0.15, -0.1) is 0 Å². The number of aromatic carboxylic acids is 1. The predicted octanol–water partition coefficient (Wildman–Crippen LogP) is 1.47. The van der Waals surface area contributed by atoms with Gasteiger partial charge in [-0.2, -0.15) is 0 Å². The molecule has 0 spiro atoms. The lowest BCUT2D eigenvalue weighted by molar-refractivity contribution is 0.0690. The molecule has 0 atom stereocenters. The van der Waals surface area contributed by atoms with Gasteiger partial charge < -0.3 is 5.11 Å². The van der Waals surface area contributed by atoms with Gasteiger partial charge in [0, 0.05) is 10.7 Å². The standard InChI is InChI=1S/C6H3BrClNO4S/c7-5-4(14(8,12)13)2-1-3(9-5)6(10)11/h1-2H,(H,10,11). The summed E-state index contributed by atoms with van der Waals surface area (Å²) in [5, 5.41) is 8.54. The average Bonchev–Trinajstić information content (AvgIpc) is 2.01. The molecule has 1 rings (SSSR count). The molecule has 1 aromatic rings. The Morgan fingerprint density at radius 1 is 1.50 bits per heavy atom. The zero-order valence-electron chi connectivity index (χ0n) is 6.44. The van der Waals surface area contributed by atoms with E-state index in [0.29, 0.717) is 0 Å². The van der Waals surface area contributed by atoms with Gasteiger partial charge in [-0.1, -0.05) is 0 Å². The fourth-order valence-corrected chi connectivity index (χ4v) is 2.82. The van der Waals surface area contributed by atoms with Crippen LogP contribution in [0.2, 0.25) is 0 Å². The number of carboxylic acid groups (broad SMARTS) is 1. The third-order valence-electron chi connectivity index (χ3n) is 1.30. The number of carboxylic acids is 1. The molecule has 0 aliphatic rings. The fraction of sp³-hybridized carbons (Fsp3) is 0. The Labute approximate surface area is 92.3 Å². The van der Waals surface area contributed by atoms with Gasteiger partial charge in [0.1, 0.15) is 15.2 Å². The van der Waals surface area contributed by atoms with E-state index in [1.54, 1.807) is 0 Å². The van der Waals surface area contributed by atoms with E-state index in [1.807, 2.05) is 0 Å².